The molecule has 1 aliphatic rings. The Morgan fingerprint density at radius 2 is 0.891 bits per heavy atom. The monoisotopic (exact) mass is 748 g/mol. The maximum absolute atomic E-state index is 12.0. The van der Waals surface area contributed by atoms with Crippen LogP contribution >= 0.6 is 0 Å². The molecular weight excluding hydrogens is 704 g/mol. The molecule has 0 atom stereocenters. The van der Waals surface area contributed by atoms with Crippen LogP contribution in [0.25, 0.3) is 11.1 Å². The summed E-state index contributed by atoms with van der Waals surface area (Å²) in [6, 6.07) is 32.6. The number of carbonyl (C=O) groups is 4. The SMILES string of the molecule is C=C(C)C(=O)OCCNC(=O)OCCOc1ccc(C2(c3ccc(OCCOC(=O)NCCOC(=O)C(=C)C)cc3)c3ccccc3-c3ccccc32)cc1. The van der Waals surface area contributed by atoms with E-state index in [1.165, 1.54) is 0 Å². The van der Waals surface area contributed by atoms with Crippen LogP contribution in [0.3, 0.4) is 0 Å². The Morgan fingerprint density at radius 1 is 0.509 bits per heavy atom. The van der Waals surface area contributed by atoms with E-state index in [0.717, 1.165) is 33.4 Å². The lowest BCUT2D eigenvalue weighted by atomic mass is 9.68. The van der Waals surface area contributed by atoms with E-state index in [1.54, 1.807) is 13.8 Å². The number of carbonyl (C=O) groups excluding carboxylic acids is 4. The molecule has 0 aliphatic heterocycles. The van der Waals surface area contributed by atoms with E-state index in [1.807, 2.05) is 72.8 Å². The summed E-state index contributed by atoms with van der Waals surface area (Å²) in [4.78, 5) is 46.9. The standard InChI is InChI=1S/C43H44N2O10/c1-29(2)39(46)52-23-21-44-41(48)54-27-25-50-33-17-13-31(14-18-33)43(37-11-7-5-9-35(37)36-10-6-8-12-38(36)43)32-15-19-34(20-16-32)51-26-28-55-42(49)45-22-24-53-40(47)30(3)4/h5-20H,1,3,21-28H2,2,4H3,(H,44,48)(H,45,49). The number of ether oxygens (including phenoxy) is 6. The van der Waals surface area contributed by atoms with Gasteiger partial charge >= 0.3 is 24.1 Å². The number of amides is 2. The van der Waals surface area contributed by atoms with Crippen molar-refractivity contribution in [2.24, 2.45) is 0 Å². The summed E-state index contributed by atoms with van der Waals surface area (Å²) in [5.41, 5.74) is 6.55. The predicted octanol–water partition coefficient (Wildman–Crippen LogP) is 6.50. The number of hydrogen-bond acceptors (Lipinski definition) is 10. The van der Waals surface area contributed by atoms with Crippen LogP contribution in [0.2, 0.25) is 0 Å². The van der Waals surface area contributed by atoms with E-state index in [2.05, 4.69) is 48.1 Å². The Morgan fingerprint density at radius 3 is 1.27 bits per heavy atom. The third-order valence-electron chi connectivity index (χ3n) is 8.60. The fraction of sp³-hybridized carbons (Fsp3) is 0.256. The summed E-state index contributed by atoms with van der Waals surface area (Å²) in [5.74, 6) is 0.181. The lowest BCUT2D eigenvalue weighted by molar-refractivity contribution is -0.139. The van der Waals surface area contributed by atoms with Gasteiger partial charge in [-0.1, -0.05) is 86.0 Å². The van der Waals surface area contributed by atoms with Gasteiger partial charge in [0.1, 0.15) is 51.1 Å². The summed E-state index contributed by atoms with van der Waals surface area (Å²) in [5, 5.41) is 5.04. The number of nitrogens with one attached hydrogen (secondary N) is 2. The molecule has 2 N–H and O–H groups in total. The molecule has 0 heterocycles. The van der Waals surface area contributed by atoms with Gasteiger partial charge in [0.15, 0.2) is 0 Å². The number of benzene rings is 4. The predicted molar refractivity (Wildman–Crippen MR) is 205 cm³/mol. The summed E-state index contributed by atoms with van der Waals surface area (Å²) < 4.78 is 32.0. The minimum absolute atomic E-state index is 0.00973. The van der Waals surface area contributed by atoms with Crippen LogP contribution in [0.1, 0.15) is 36.1 Å². The van der Waals surface area contributed by atoms with Crippen molar-refractivity contribution < 1.29 is 47.6 Å². The van der Waals surface area contributed by atoms with Gasteiger partial charge in [-0.2, -0.15) is 0 Å². The van der Waals surface area contributed by atoms with Crippen molar-refractivity contribution in [1.82, 2.24) is 10.6 Å². The van der Waals surface area contributed by atoms with Gasteiger partial charge in [-0.3, -0.25) is 0 Å². The molecule has 12 heteroatoms. The average molecular weight is 749 g/mol. The van der Waals surface area contributed by atoms with Gasteiger partial charge < -0.3 is 39.1 Å². The van der Waals surface area contributed by atoms with Crippen molar-refractivity contribution in [3.63, 3.8) is 0 Å². The van der Waals surface area contributed by atoms with E-state index in [9.17, 15) is 19.2 Å². The molecule has 0 saturated heterocycles. The lowest BCUT2D eigenvalue weighted by Crippen LogP contribution is -2.30. The van der Waals surface area contributed by atoms with E-state index >= 15 is 0 Å². The second kappa shape index (κ2) is 19.0. The number of rotatable bonds is 18. The Bertz CT molecular complexity index is 1860. The molecule has 0 unspecified atom stereocenters. The van der Waals surface area contributed by atoms with Crippen molar-refractivity contribution in [3.8, 4) is 22.6 Å². The molecular formula is C43H44N2O10. The zero-order chi connectivity index (χ0) is 39.2. The van der Waals surface area contributed by atoms with Crippen LogP contribution in [-0.2, 0) is 34.0 Å². The van der Waals surface area contributed by atoms with Crippen LogP contribution in [0.15, 0.2) is 121 Å². The second-order valence-electron chi connectivity index (χ2n) is 12.5. The summed E-state index contributed by atoms with van der Waals surface area (Å²) in [7, 11) is 0. The van der Waals surface area contributed by atoms with Gasteiger partial charge in [0.25, 0.3) is 0 Å². The zero-order valence-corrected chi connectivity index (χ0v) is 30.9. The molecule has 0 bridgehead atoms. The normalized spacial score (nSPS) is 11.9. The lowest BCUT2D eigenvalue weighted by Gasteiger charge is -2.34. The molecule has 2 amide bonds. The molecule has 12 nitrogen and oxygen atoms in total. The smallest absolute Gasteiger partial charge is 0.407 e. The van der Waals surface area contributed by atoms with Crippen LogP contribution in [0, 0.1) is 0 Å². The number of alkyl carbamates (subject to hydrolysis) is 2. The van der Waals surface area contributed by atoms with Crippen molar-refractivity contribution >= 4 is 24.1 Å². The molecule has 0 aromatic heterocycles. The first-order chi connectivity index (χ1) is 26.6. The molecule has 4 aromatic rings. The molecule has 4 aromatic carbocycles. The topological polar surface area (TPSA) is 148 Å². The summed E-state index contributed by atoms with van der Waals surface area (Å²) >= 11 is 0. The van der Waals surface area contributed by atoms with Crippen LogP contribution in [-0.4, -0.2) is 76.9 Å². The first-order valence-electron chi connectivity index (χ1n) is 17.7. The third kappa shape index (κ3) is 9.91. The number of esters is 2. The summed E-state index contributed by atoms with van der Waals surface area (Å²) in [6.45, 7) is 10.7. The van der Waals surface area contributed by atoms with Crippen LogP contribution in [0.5, 0.6) is 11.5 Å². The fourth-order valence-electron chi connectivity index (χ4n) is 6.16. The quantitative estimate of drug-likeness (QED) is 0.0441. The van der Waals surface area contributed by atoms with E-state index in [0.29, 0.717) is 11.5 Å². The van der Waals surface area contributed by atoms with Crippen molar-refractivity contribution in [2.45, 2.75) is 19.3 Å². The average Bonchev–Trinajstić information content (AvgIpc) is 3.49. The van der Waals surface area contributed by atoms with E-state index < -0.39 is 29.5 Å². The van der Waals surface area contributed by atoms with Crippen LogP contribution < -0.4 is 20.1 Å². The largest absolute Gasteiger partial charge is 0.490 e. The highest BCUT2D eigenvalue weighted by Gasteiger charge is 2.45. The first-order valence-corrected chi connectivity index (χ1v) is 17.7. The maximum atomic E-state index is 12.0. The van der Waals surface area contributed by atoms with Crippen molar-refractivity contribution in [1.29, 1.82) is 0 Å². The van der Waals surface area contributed by atoms with Gasteiger partial charge in [0, 0.05) is 11.1 Å². The van der Waals surface area contributed by atoms with Gasteiger partial charge in [-0.15, -0.1) is 0 Å². The van der Waals surface area contributed by atoms with Crippen molar-refractivity contribution in [2.75, 3.05) is 52.7 Å². The highest BCUT2D eigenvalue weighted by atomic mass is 16.6. The minimum Gasteiger partial charge on any atom is -0.490 e. The van der Waals surface area contributed by atoms with Crippen molar-refractivity contribution in [3.05, 3.63) is 144 Å². The van der Waals surface area contributed by atoms with Crippen LogP contribution in [0.4, 0.5) is 9.59 Å². The maximum Gasteiger partial charge on any atom is 0.407 e. The Balaban J connectivity index is 1.22. The molecule has 5 rings (SSSR count). The summed E-state index contributed by atoms with van der Waals surface area (Å²) in [6.07, 6.45) is -1.29. The Hall–Kier alpha value is -6.56. The number of hydrogen-bond donors (Lipinski definition) is 2. The molecule has 0 fully saturated rings. The minimum atomic E-state index is -0.649. The Labute approximate surface area is 320 Å². The van der Waals surface area contributed by atoms with E-state index in [4.69, 9.17) is 28.4 Å². The molecule has 0 radical (unpaired) electrons. The second-order valence-corrected chi connectivity index (χ2v) is 12.5. The zero-order valence-electron chi connectivity index (χ0n) is 30.9. The highest BCUT2D eigenvalue weighted by Crippen LogP contribution is 2.56. The Kier molecular flexibility index (Phi) is 13.7. The van der Waals surface area contributed by atoms with Gasteiger partial charge in [-0.05, 0) is 71.5 Å². The highest BCUT2D eigenvalue weighted by molar-refractivity contribution is 5.88. The van der Waals surface area contributed by atoms with Gasteiger partial charge in [0.05, 0.1) is 18.5 Å². The third-order valence-corrected chi connectivity index (χ3v) is 8.60. The molecule has 0 saturated carbocycles. The molecule has 1 aliphatic carbocycles. The molecule has 55 heavy (non-hydrogen) atoms. The van der Waals surface area contributed by atoms with Gasteiger partial charge in [-0.25, -0.2) is 19.2 Å². The molecule has 286 valence electrons. The number of fused-ring (bicyclic) bond motifs is 3. The molecule has 0 spiro atoms. The fourth-order valence-corrected chi connectivity index (χ4v) is 6.16. The van der Waals surface area contributed by atoms with Gasteiger partial charge in [0.2, 0.25) is 0 Å². The first kappa shape index (κ1) is 39.6. The van der Waals surface area contributed by atoms with E-state index in [-0.39, 0.29) is 63.9 Å².